The Morgan fingerprint density at radius 1 is 0.455 bits per heavy atom. The zero-order valence-electron chi connectivity index (χ0n) is 30.5. The number of benzene rings is 6. The molecule has 3 heteroatoms. The van der Waals surface area contributed by atoms with E-state index < -0.39 is 0 Å². The number of hydrogen-bond acceptors (Lipinski definition) is 3. The van der Waals surface area contributed by atoms with Gasteiger partial charge in [0.1, 0.15) is 0 Å². The molecule has 0 unspecified atom stereocenters. The van der Waals surface area contributed by atoms with Crippen molar-refractivity contribution in [2.24, 2.45) is 23.7 Å². The van der Waals surface area contributed by atoms with E-state index in [1.165, 1.54) is 96.8 Å². The fourth-order valence-electron chi connectivity index (χ4n) is 12.5. The lowest BCUT2D eigenvalue weighted by atomic mass is 9.43. The zero-order valence-corrected chi connectivity index (χ0v) is 31.3. The molecule has 0 radical (unpaired) electrons. The first-order valence-electron chi connectivity index (χ1n) is 20.1. The molecule has 4 bridgehead atoms. The van der Waals surface area contributed by atoms with Gasteiger partial charge < -0.3 is 0 Å². The van der Waals surface area contributed by atoms with Crippen molar-refractivity contribution in [2.75, 3.05) is 0 Å². The average molecular weight is 723 g/mol. The van der Waals surface area contributed by atoms with E-state index in [1.807, 2.05) is 35.9 Å². The Morgan fingerprint density at radius 2 is 1.13 bits per heavy atom. The Balaban J connectivity index is 1.07. The lowest BCUT2D eigenvalue weighted by molar-refractivity contribution is -0.0399. The molecule has 4 saturated carbocycles. The fourth-order valence-corrected chi connectivity index (χ4v) is 13.6. The van der Waals surface area contributed by atoms with Gasteiger partial charge in [-0.05, 0) is 154 Å². The van der Waals surface area contributed by atoms with Crippen LogP contribution in [0, 0.1) is 23.7 Å². The van der Waals surface area contributed by atoms with Crippen molar-refractivity contribution in [1.29, 1.82) is 0 Å². The second-order valence-corrected chi connectivity index (χ2v) is 18.0. The first-order chi connectivity index (χ1) is 27.2. The van der Waals surface area contributed by atoms with Crippen molar-refractivity contribution < 1.29 is 0 Å². The molecule has 3 heterocycles. The molecule has 6 aromatic carbocycles. The highest BCUT2D eigenvalue weighted by Gasteiger charge is 2.61. The average Bonchev–Trinajstić information content (AvgIpc) is 3.76. The van der Waals surface area contributed by atoms with Crippen molar-refractivity contribution in [3.8, 4) is 44.5 Å². The van der Waals surface area contributed by atoms with E-state index in [1.54, 1.807) is 11.1 Å². The van der Waals surface area contributed by atoms with Crippen molar-refractivity contribution in [3.63, 3.8) is 0 Å². The summed E-state index contributed by atoms with van der Waals surface area (Å²) in [5.74, 6) is 3.27. The molecule has 1 spiro atoms. The predicted octanol–water partition coefficient (Wildman–Crippen LogP) is 13.9. The van der Waals surface area contributed by atoms with Gasteiger partial charge in [0, 0.05) is 48.8 Å². The Bertz CT molecular complexity index is 3030. The monoisotopic (exact) mass is 722 g/mol. The molecule has 0 N–H and O–H groups in total. The van der Waals surface area contributed by atoms with Crippen LogP contribution >= 0.6 is 11.3 Å². The van der Waals surface area contributed by atoms with Crippen molar-refractivity contribution in [1.82, 2.24) is 9.97 Å². The van der Waals surface area contributed by atoms with Crippen LogP contribution in [0.25, 0.3) is 86.5 Å². The van der Waals surface area contributed by atoms with Crippen LogP contribution in [-0.4, -0.2) is 9.97 Å². The molecule has 0 atom stereocenters. The van der Waals surface area contributed by atoms with Crippen molar-refractivity contribution in [2.45, 2.75) is 37.5 Å². The standard InChI is InChI=1S/C52H38N2S/c1-3-13-45-37(9-1)44-28-43(38-11-5-15-48-49(38)40-10-2-4-14-47(40)55-48)42(29-46(44)52(45)35-23-30-22-31(25-35)26-36(52)24-30)33-18-16-32(17-19-33)41-27-34-8-6-20-53-50(34)51-39(41)12-7-21-54-51/h1-21,27-31,35-36H,22-26H2. The highest BCUT2D eigenvalue weighted by molar-refractivity contribution is 7.25. The van der Waals surface area contributed by atoms with Gasteiger partial charge in [-0.1, -0.05) is 91.0 Å². The first-order valence-corrected chi connectivity index (χ1v) is 21.0. The maximum absolute atomic E-state index is 4.81. The maximum Gasteiger partial charge on any atom is 0.0970 e. The van der Waals surface area contributed by atoms with Gasteiger partial charge in [-0.2, -0.15) is 0 Å². The smallest absolute Gasteiger partial charge is 0.0970 e. The van der Waals surface area contributed by atoms with E-state index in [2.05, 4.69) is 121 Å². The molecular weight excluding hydrogens is 685 g/mol. The first kappa shape index (κ1) is 30.7. The largest absolute Gasteiger partial charge is 0.254 e. The van der Waals surface area contributed by atoms with E-state index in [0.717, 1.165) is 45.5 Å². The number of rotatable bonds is 3. The fraction of sp³-hybridized carbons (Fsp3) is 0.192. The minimum absolute atomic E-state index is 0.110. The van der Waals surface area contributed by atoms with Gasteiger partial charge in [0.2, 0.25) is 0 Å². The van der Waals surface area contributed by atoms with Gasteiger partial charge in [-0.3, -0.25) is 9.97 Å². The summed E-state index contributed by atoms with van der Waals surface area (Å²) in [5, 5.41) is 4.98. The molecule has 5 aliphatic rings. The summed E-state index contributed by atoms with van der Waals surface area (Å²) < 4.78 is 2.70. The van der Waals surface area contributed by atoms with Gasteiger partial charge in [0.25, 0.3) is 0 Å². The van der Waals surface area contributed by atoms with Gasteiger partial charge in [0.15, 0.2) is 0 Å². The third kappa shape index (κ3) is 4.14. The molecule has 262 valence electrons. The molecule has 2 nitrogen and oxygen atoms in total. The van der Waals surface area contributed by atoms with Gasteiger partial charge in [-0.15, -0.1) is 11.3 Å². The number of pyridine rings is 2. The molecule has 14 rings (SSSR count). The summed E-state index contributed by atoms with van der Waals surface area (Å²) >= 11 is 1.91. The second-order valence-electron chi connectivity index (χ2n) is 16.9. The number of thiophene rings is 1. The number of nitrogens with zero attached hydrogens (tertiary/aromatic N) is 2. The third-order valence-electron chi connectivity index (χ3n) is 14.4. The summed E-state index contributed by atoms with van der Waals surface area (Å²) in [7, 11) is 0. The molecule has 0 amide bonds. The van der Waals surface area contributed by atoms with E-state index in [-0.39, 0.29) is 5.41 Å². The van der Waals surface area contributed by atoms with Crippen LogP contribution in [0.1, 0.15) is 43.2 Å². The van der Waals surface area contributed by atoms with Crippen LogP contribution in [0.3, 0.4) is 0 Å². The van der Waals surface area contributed by atoms with Crippen LogP contribution in [-0.2, 0) is 5.41 Å². The molecule has 4 fully saturated rings. The molecule has 0 aliphatic heterocycles. The van der Waals surface area contributed by atoms with Crippen LogP contribution in [0.5, 0.6) is 0 Å². The normalized spacial score (nSPS) is 23.3. The molecule has 5 aliphatic carbocycles. The summed E-state index contributed by atoms with van der Waals surface area (Å²) in [6, 6.07) is 50.9. The van der Waals surface area contributed by atoms with Crippen LogP contribution in [0.2, 0.25) is 0 Å². The van der Waals surface area contributed by atoms with Gasteiger partial charge in [0.05, 0.1) is 11.0 Å². The number of fused-ring (bicyclic) bond motifs is 9. The van der Waals surface area contributed by atoms with E-state index >= 15 is 0 Å². The second kappa shape index (κ2) is 11.2. The Morgan fingerprint density at radius 3 is 1.96 bits per heavy atom. The van der Waals surface area contributed by atoms with Crippen molar-refractivity contribution >= 4 is 53.3 Å². The van der Waals surface area contributed by atoms with E-state index in [4.69, 9.17) is 9.97 Å². The quantitative estimate of drug-likeness (QED) is 0.170. The molecular formula is C52H38N2S. The SMILES string of the molecule is c1ccc2c(c1)-c1cc(-c3cccc4sc5ccccc5c34)c(-c3ccc(-c4cc5cccnc5c5ncccc45)cc3)cc1C21C2CC3CC(C2)CC1C3. The van der Waals surface area contributed by atoms with Gasteiger partial charge in [-0.25, -0.2) is 0 Å². The summed E-state index contributed by atoms with van der Waals surface area (Å²) in [4.78, 5) is 9.53. The minimum Gasteiger partial charge on any atom is -0.254 e. The highest BCUT2D eigenvalue weighted by atomic mass is 32.1. The minimum atomic E-state index is 0.110. The topological polar surface area (TPSA) is 25.8 Å². The van der Waals surface area contributed by atoms with E-state index in [0.29, 0.717) is 0 Å². The zero-order chi connectivity index (χ0) is 35.8. The summed E-state index contributed by atoms with van der Waals surface area (Å²) in [6.07, 6.45) is 10.8. The third-order valence-corrected chi connectivity index (χ3v) is 15.5. The summed E-state index contributed by atoms with van der Waals surface area (Å²) in [6.45, 7) is 0. The van der Waals surface area contributed by atoms with E-state index in [9.17, 15) is 0 Å². The Labute approximate surface area is 324 Å². The van der Waals surface area contributed by atoms with Crippen LogP contribution < -0.4 is 0 Å². The molecule has 0 saturated heterocycles. The highest BCUT2D eigenvalue weighted by Crippen LogP contribution is 2.70. The number of hydrogen-bond donors (Lipinski definition) is 0. The lowest BCUT2D eigenvalue weighted by Crippen LogP contribution is -2.55. The summed E-state index contributed by atoms with van der Waals surface area (Å²) in [5.41, 5.74) is 15.9. The van der Waals surface area contributed by atoms with Crippen molar-refractivity contribution in [3.05, 3.63) is 157 Å². The number of aromatic nitrogens is 2. The molecule has 9 aromatic rings. The van der Waals surface area contributed by atoms with Gasteiger partial charge >= 0.3 is 0 Å². The predicted molar refractivity (Wildman–Crippen MR) is 230 cm³/mol. The molecule has 55 heavy (non-hydrogen) atoms. The van der Waals surface area contributed by atoms with Crippen LogP contribution in [0.15, 0.2) is 146 Å². The molecule has 3 aromatic heterocycles. The lowest BCUT2D eigenvalue weighted by Gasteiger charge is -2.61. The maximum atomic E-state index is 4.81. The Kier molecular flexibility index (Phi) is 6.25. The Hall–Kier alpha value is -5.64. The van der Waals surface area contributed by atoms with Crippen LogP contribution in [0.4, 0.5) is 0 Å².